The van der Waals surface area contributed by atoms with Crippen molar-refractivity contribution >= 4 is 17.3 Å². The second kappa shape index (κ2) is 5.07. The molecule has 0 radical (unpaired) electrons. The van der Waals surface area contributed by atoms with E-state index >= 15 is 0 Å². The van der Waals surface area contributed by atoms with Crippen LogP contribution in [0.2, 0.25) is 5.02 Å². The van der Waals surface area contributed by atoms with Crippen LogP contribution in [0.3, 0.4) is 0 Å². The average molecular weight is 239 g/mol. The van der Waals surface area contributed by atoms with E-state index in [4.69, 9.17) is 17.3 Å². The van der Waals surface area contributed by atoms with E-state index in [2.05, 4.69) is 18.3 Å². The molecule has 1 fully saturated rings. The van der Waals surface area contributed by atoms with Crippen molar-refractivity contribution in [1.29, 1.82) is 0 Å². The van der Waals surface area contributed by atoms with Crippen LogP contribution in [0.1, 0.15) is 31.2 Å². The van der Waals surface area contributed by atoms with Crippen LogP contribution in [-0.2, 0) is 0 Å². The predicted molar refractivity (Wildman–Crippen MR) is 70.0 cm³/mol. The van der Waals surface area contributed by atoms with Crippen LogP contribution in [0.25, 0.3) is 0 Å². The Morgan fingerprint density at radius 1 is 1.25 bits per heavy atom. The summed E-state index contributed by atoms with van der Waals surface area (Å²) in [4.78, 5) is 0. The van der Waals surface area contributed by atoms with Gasteiger partial charge in [0.2, 0.25) is 0 Å². The Labute approximate surface area is 102 Å². The summed E-state index contributed by atoms with van der Waals surface area (Å²) in [6.45, 7) is 2.09. The lowest BCUT2D eigenvalue weighted by Crippen LogP contribution is -2.33. The molecule has 0 heterocycles. The van der Waals surface area contributed by atoms with Crippen LogP contribution in [-0.4, -0.2) is 12.1 Å². The number of nitrogens with two attached hydrogens (primary N) is 1. The van der Waals surface area contributed by atoms with Crippen LogP contribution in [0, 0.1) is 6.92 Å². The van der Waals surface area contributed by atoms with Crippen LogP contribution in [0.15, 0.2) is 18.2 Å². The zero-order valence-corrected chi connectivity index (χ0v) is 10.4. The topological polar surface area (TPSA) is 38.0 Å². The lowest BCUT2D eigenvalue weighted by atomic mass is 9.91. The van der Waals surface area contributed by atoms with Gasteiger partial charge >= 0.3 is 0 Å². The van der Waals surface area contributed by atoms with Crippen molar-refractivity contribution in [2.75, 3.05) is 5.32 Å². The molecular weight excluding hydrogens is 220 g/mol. The lowest BCUT2D eigenvalue weighted by molar-refractivity contribution is 0.411. The van der Waals surface area contributed by atoms with Gasteiger partial charge in [0.1, 0.15) is 0 Å². The Morgan fingerprint density at radius 2 is 1.94 bits per heavy atom. The zero-order valence-electron chi connectivity index (χ0n) is 9.67. The highest BCUT2D eigenvalue weighted by Crippen LogP contribution is 2.29. The second-order valence-corrected chi connectivity index (χ2v) is 5.09. The van der Waals surface area contributed by atoms with Crippen molar-refractivity contribution in [3.8, 4) is 0 Å². The zero-order chi connectivity index (χ0) is 11.5. The Morgan fingerprint density at radius 3 is 2.56 bits per heavy atom. The minimum Gasteiger partial charge on any atom is -0.381 e. The summed E-state index contributed by atoms with van der Waals surface area (Å²) < 4.78 is 0. The largest absolute Gasteiger partial charge is 0.381 e. The van der Waals surface area contributed by atoms with Crippen molar-refractivity contribution in [2.24, 2.45) is 5.73 Å². The molecule has 3 heteroatoms. The Bertz CT molecular complexity index is 337. The molecule has 16 heavy (non-hydrogen) atoms. The van der Waals surface area contributed by atoms with Crippen LogP contribution < -0.4 is 11.1 Å². The first-order valence-corrected chi connectivity index (χ1v) is 6.32. The van der Waals surface area contributed by atoms with Gasteiger partial charge in [0.25, 0.3) is 0 Å². The van der Waals surface area contributed by atoms with E-state index < -0.39 is 0 Å². The van der Waals surface area contributed by atoms with Gasteiger partial charge in [-0.15, -0.1) is 0 Å². The number of nitrogens with one attached hydrogen (secondary N) is 1. The molecule has 0 unspecified atom stereocenters. The highest BCUT2D eigenvalue weighted by Gasteiger charge is 2.19. The first-order chi connectivity index (χ1) is 7.66. The molecule has 0 atom stereocenters. The highest BCUT2D eigenvalue weighted by atomic mass is 35.5. The summed E-state index contributed by atoms with van der Waals surface area (Å²) in [5.41, 5.74) is 8.19. The molecule has 0 saturated heterocycles. The molecule has 0 aliphatic heterocycles. The van der Waals surface area contributed by atoms with Gasteiger partial charge in [-0.1, -0.05) is 23.7 Å². The maximum Gasteiger partial charge on any atom is 0.0640 e. The number of anilines is 1. The molecule has 1 aliphatic rings. The highest BCUT2D eigenvalue weighted by molar-refractivity contribution is 6.33. The molecule has 1 aromatic rings. The molecule has 1 aromatic carbocycles. The molecule has 0 amide bonds. The molecule has 0 bridgehead atoms. The lowest BCUT2D eigenvalue weighted by Gasteiger charge is -2.28. The number of halogens is 1. The Kier molecular flexibility index (Phi) is 3.72. The molecule has 1 saturated carbocycles. The van der Waals surface area contributed by atoms with Gasteiger partial charge in [-0.2, -0.15) is 0 Å². The SMILES string of the molecule is Cc1cccc(Cl)c1NC1CCC(N)CC1. The normalized spacial score (nSPS) is 25.4. The fourth-order valence-electron chi connectivity index (χ4n) is 2.28. The molecule has 88 valence electrons. The second-order valence-electron chi connectivity index (χ2n) is 4.69. The Hall–Kier alpha value is -0.730. The molecule has 1 aliphatic carbocycles. The number of hydrogen-bond donors (Lipinski definition) is 2. The quantitative estimate of drug-likeness (QED) is 0.830. The third-order valence-electron chi connectivity index (χ3n) is 3.34. The maximum absolute atomic E-state index is 6.19. The molecule has 2 nitrogen and oxygen atoms in total. The van der Waals surface area contributed by atoms with Gasteiger partial charge in [0, 0.05) is 12.1 Å². The molecule has 3 N–H and O–H groups in total. The third kappa shape index (κ3) is 2.69. The maximum atomic E-state index is 6.19. The summed E-state index contributed by atoms with van der Waals surface area (Å²) in [6.07, 6.45) is 4.51. The van der Waals surface area contributed by atoms with E-state index in [0.29, 0.717) is 12.1 Å². The fourth-order valence-corrected chi connectivity index (χ4v) is 2.56. The average Bonchev–Trinajstić information content (AvgIpc) is 2.26. The van der Waals surface area contributed by atoms with Crippen molar-refractivity contribution in [3.05, 3.63) is 28.8 Å². The summed E-state index contributed by atoms with van der Waals surface area (Å²) in [7, 11) is 0. The van der Waals surface area contributed by atoms with E-state index in [1.54, 1.807) is 0 Å². The van der Waals surface area contributed by atoms with Crippen molar-refractivity contribution in [1.82, 2.24) is 0 Å². The fraction of sp³-hybridized carbons (Fsp3) is 0.538. The van der Waals surface area contributed by atoms with Crippen LogP contribution >= 0.6 is 11.6 Å². The van der Waals surface area contributed by atoms with Crippen LogP contribution in [0.5, 0.6) is 0 Å². The van der Waals surface area contributed by atoms with Gasteiger partial charge in [-0.3, -0.25) is 0 Å². The summed E-state index contributed by atoms with van der Waals surface area (Å²) in [5.74, 6) is 0. The van der Waals surface area contributed by atoms with Gasteiger partial charge in [0.05, 0.1) is 10.7 Å². The minimum atomic E-state index is 0.394. The molecular formula is C13H19ClN2. The van der Waals surface area contributed by atoms with Crippen LogP contribution in [0.4, 0.5) is 5.69 Å². The van der Waals surface area contributed by atoms with E-state index in [1.165, 1.54) is 5.56 Å². The number of rotatable bonds is 2. The number of aryl methyl sites for hydroxylation is 1. The summed E-state index contributed by atoms with van der Waals surface area (Å²) in [6, 6.07) is 6.93. The molecule has 2 rings (SSSR count). The summed E-state index contributed by atoms with van der Waals surface area (Å²) >= 11 is 6.19. The minimum absolute atomic E-state index is 0.394. The van der Waals surface area contributed by atoms with E-state index in [9.17, 15) is 0 Å². The Balaban J connectivity index is 2.04. The smallest absolute Gasteiger partial charge is 0.0640 e. The number of hydrogen-bond acceptors (Lipinski definition) is 2. The predicted octanol–water partition coefficient (Wildman–Crippen LogP) is 3.33. The number of benzene rings is 1. The summed E-state index contributed by atoms with van der Waals surface area (Å²) in [5, 5.41) is 4.37. The van der Waals surface area contributed by atoms with Gasteiger partial charge in [-0.25, -0.2) is 0 Å². The van der Waals surface area contributed by atoms with Gasteiger partial charge in [0.15, 0.2) is 0 Å². The standard InChI is InChI=1S/C13H19ClN2/c1-9-3-2-4-12(14)13(9)16-11-7-5-10(15)6-8-11/h2-4,10-11,16H,5-8,15H2,1H3. The van der Waals surface area contributed by atoms with E-state index in [-0.39, 0.29) is 0 Å². The van der Waals surface area contributed by atoms with E-state index in [0.717, 1.165) is 36.4 Å². The first kappa shape index (κ1) is 11.7. The molecule has 0 aromatic heterocycles. The number of para-hydroxylation sites is 1. The molecule has 0 spiro atoms. The third-order valence-corrected chi connectivity index (χ3v) is 3.66. The van der Waals surface area contributed by atoms with Crippen molar-refractivity contribution < 1.29 is 0 Å². The van der Waals surface area contributed by atoms with Gasteiger partial charge in [-0.05, 0) is 44.2 Å². The first-order valence-electron chi connectivity index (χ1n) is 5.94. The van der Waals surface area contributed by atoms with Crippen molar-refractivity contribution in [2.45, 2.75) is 44.7 Å². The van der Waals surface area contributed by atoms with Gasteiger partial charge < -0.3 is 11.1 Å². The van der Waals surface area contributed by atoms with Crippen molar-refractivity contribution in [3.63, 3.8) is 0 Å². The monoisotopic (exact) mass is 238 g/mol. The van der Waals surface area contributed by atoms with E-state index in [1.807, 2.05) is 12.1 Å².